The van der Waals surface area contributed by atoms with E-state index in [1.165, 1.54) is 18.7 Å². The molecule has 0 saturated carbocycles. The Morgan fingerprint density at radius 1 is 1.14 bits per heavy atom. The van der Waals surface area contributed by atoms with Crippen molar-refractivity contribution in [3.63, 3.8) is 0 Å². The third kappa shape index (κ3) is 3.82. The Hall–Kier alpha value is -2.58. The number of aromatic nitrogens is 3. The van der Waals surface area contributed by atoms with Crippen molar-refractivity contribution < 1.29 is 9.53 Å². The van der Waals surface area contributed by atoms with E-state index in [4.69, 9.17) is 4.74 Å². The van der Waals surface area contributed by atoms with Crippen LogP contribution < -0.4 is 9.64 Å². The standard InChI is InChI=1S/C21H20N4O2S2/c1-4-29-21-22-19-18(23-24-21)16-7-5-6-8-17(16)25(13(2)26)20(27-19)14-9-11-15(28-3)12-10-14/h5-12,20H,4H2,1-3H3/t20-/m1/s1. The van der Waals surface area contributed by atoms with E-state index < -0.39 is 6.23 Å². The molecule has 0 spiro atoms. The molecule has 1 atom stereocenters. The SMILES string of the molecule is CCSc1nnc2c(n1)O[C@H](c1ccc(SC)cc1)N(C(C)=O)c1ccccc1-2. The number of benzene rings is 2. The van der Waals surface area contributed by atoms with Gasteiger partial charge in [0.15, 0.2) is 5.69 Å². The fraction of sp³-hybridized carbons (Fsp3) is 0.238. The molecule has 8 heteroatoms. The number of thioether (sulfide) groups is 2. The number of hydrogen-bond acceptors (Lipinski definition) is 7. The predicted octanol–water partition coefficient (Wildman–Crippen LogP) is 4.82. The van der Waals surface area contributed by atoms with E-state index in [0.29, 0.717) is 16.7 Å². The largest absolute Gasteiger partial charge is 0.447 e. The molecule has 0 aliphatic carbocycles. The number of anilines is 1. The molecular formula is C21H20N4O2S2. The molecule has 1 aromatic heterocycles. The van der Waals surface area contributed by atoms with E-state index >= 15 is 0 Å². The first-order chi connectivity index (χ1) is 14.1. The van der Waals surface area contributed by atoms with Crippen molar-refractivity contribution in [2.75, 3.05) is 16.9 Å². The Bertz CT molecular complexity index is 1040. The number of amides is 1. The summed E-state index contributed by atoms with van der Waals surface area (Å²) in [6.07, 6.45) is 1.38. The average Bonchev–Trinajstić information content (AvgIpc) is 2.88. The monoisotopic (exact) mass is 424 g/mol. The third-order valence-electron chi connectivity index (χ3n) is 4.53. The van der Waals surface area contributed by atoms with E-state index in [1.807, 2.05) is 61.7 Å². The molecule has 2 heterocycles. The van der Waals surface area contributed by atoms with Gasteiger partial charge in [0.25, 0.3) is 0 Å². The number of hydrogen-bond donors (Lipinski definition) is 0. The lowest BCUT2D eigenvalue weighted by Crippen LogP contribution is -2.36. The lowest BCUT2D eigenvalue weighted by Gasteiger charge is -2.30. The summed E-state index contributed by atoms with van der Waals surface area (Å²) in [5, 5.41) is 9.17. The first-order valence-corrected chi connectivity index (χ1v) is 11.4. The van der Waals surface area contributed by atoms with Crippen molar-refractivity contribution in [2.24, 2.45) is 0 Å². The van der Waals surface area contributed by atoms with Gasteiger partial charge in [0.05, 0.1) is 5.69 Å². The Labute approximate surface area is 178 Å². The zero-order valence-electron chi connectivity index (χ0n) is 16.3. The van der Waals surface area contributed by atoms with Gasteiger partial charge >= 0.3 is 0 Å². The Kier molecular flexibility index (Phi) is 5.73. The Balaban J connectivity index is 1.91. The summed E-state index contributed by atoms with van der Waals surface area (Å²) in [6, 6.07) is 15.6. The van der Waals surface area contributed by atoms with Crippen LogP contribution in [0.1, 0.15) is 25.6 Å². The van der Waals surface area contributed by atoms with Gasteiger partial charge < -0.3 is 4.74 Å². The first-order valence-electron chi connectivity index (χ1n) is 9.19. The molecular weight excluding hydrogens is 404 g/mol. The molecule has 0 radical (unpaired) electrons. The maximum atomic E-state index is 12.7. The molecule has 29 heavy (non-hydrogen) atoms. The highest BCUT2D eigenvalue weighted by molar-refractivity contribution is 7.99. The molecule has 148 valence electrons. The summed E-state index contributed by atoms with van der Waals surface area (Å²) in [6.45, 7) is 3.57. The van der Waals surface area contributed by atoms with E-state index in [2.05, 4.69) is 15.2 Å². The van der Waals surface area contributed by atoms with Crippen molar-refractivity contribution in [3.8, 4) is 17.1 Å². The zero-order chi connectivity index (χ0) is 20.4. The van der Waals surface area contributed by atoms with Gasteiger partial charge in [-0.1, -0.05) is 49.0 Å². The van der Waals surface area contributed by atoms with Crippen LogP contribution in [0.5, 0.6) is 5.88 Å². The lowest BCUT2D eigenvalue weighted by atomic mass is 10.1. The first kappa shape index (κ1) is 19.7. The van der Waals surface area contributed by atoms with E-state index in [0.717, 1.165) is 27.5 Å². The van der Waals surface area contributed by atoms with Crippen molar-refractivity contribution in [1.29, 1.82) is 0 Å². The minimum Gasteiger partial charge on any atom is -0.447 e. The molecule has 3 aromatic rings. The second-order valence-corrected chi connectivity index (χ2v) is 8.44. The molecule has 0 saturated heterocycles. The molecule has 0 N–H and O–H groups in total. The smallest absolute Gasteiger partial charge is 0.247 e. The van der Waals surface area contributed by atoms with Crippen LogP contribution in [0.15, 0.2) is 58.6 Å². The van der Waals surface area contributed by atoms with Gasteiger partial charge in [0.2, 0.25) is 23.2 Å². The second-order valence-electron chi connectivity index (χ2n) is 6.33. The summed E-state index contributed by atoms with van der Waals surface area (Å²) in [5.74, 6) is 1.09. The Morgan fingerprint density at radius 3 is 2.59 bits per heavy atom. The van der Waals surface area contributed by atoms with Gasteiger partial charge in [0.1, 0.15) is 0 Å². The van der Waals surface area contributed by atoms with Crippen LogP contribution in [0.25, 0.3) is 11.3 Å². The van der Waals surface area contributed by atoms with E-state index in [-0.39, 0.29) is 5.91 Å². The highest BCUT2D eigenvalue weighted by Gasteiger charge is 2.34. The van der Waals surface area contributed by atoms with Crippen molar-refractivity contribution in [2.45, 2.75) is 30.1 Å². The minimum atomic E-state index is -0.651. The zero-order valence-corrected chi connectivity index (χ0v) is 18.0. The van der Waals surface area contributed by atoms with Gasteiger partial charge in [-0.15, -0.1) is 22.0 Å². The van der Waals surface area contributed by atoms with Gasteiger partial charge in [-0.05, 0) is 30.2 Å². The quantitative estimate of drug-likeness (QED) is 0.556. The molecule has 0 bridgehead atoms. The molecule has 0 fully saturated rings. The average molecular weight is 425 g/mol. The second kappa shape index (κ2) is 8.42. The van der Waals surface area contributed by atoms with Gasteiger partial charge in [0, 0.05) is 22.9 Å². The topological polar surface area (TPSA) is 68.2 Å². The third-order valence-corrected chi connectivity index (χ3v) is 5.99. The fourth-order valence-corrected chi connectivity index (χ4v) is 4.14. The van der Waals surface area contributed by atoms with E-state index in [1.54, 1.807) is 16.7 Å². The number of carbonyl (C=O) groups is 1. The molecule has 1 amide bonds. The summed E-state index contributed by atoms with van der Waals surface area (Å²) in [5.41, 5.74) is 2.90. The summed E-state index contributed by atoms with van der Waals surface area (Å²) < 4.78 is 6.33. The Morgan fingerprint density at radius 2 is 1.90 bits per heavy atom. The number of fused-ring (bicyclic) bond motifs is 3. The molecule has 1 aliphatic rings. The summed E-state index contributed by atoms with van der Waals surface area (Å²) >= 11 is 3.16. The lowest BCUT2D eigenvalue weighted by molar-refractivity contribution is -0.118. The van der Waals surface area contributed by atoms with Crippen LogP contribution in [0, 0.1) is 0 Å². The van der Waals surface area contributed by atoms with Crippen LogP contribution in [-0.2, 0) is 4.79 Å². The number of rotatable bonds is 4. The molecule has 6 nitrogen and oxygen atoms in total. The van der Waals surface area contributed by atoms with Crippen molar-refractivity contribution >= 4 is 35.1 Å². The number of carbonyl (C=O) groups excluding carboxylic acids is 1. The summed E-state index contributed by atoms with van der Waals surface area (Å²) in [7, 11) is 0. The fourth-order valence-electron chi connectivity index (χ4n) is 3.23. The van der Waals surface area contributed by atoms with Crippen molar-refractivity contribution in [1.82, 2.24) is 15.2 Å². The van der Waals surface area contributed by atoms with Gasteiger partial charge in [-0.25, -0.2) is 0 Å². The molecule has 1 aliphatic heterocycles. The molecule has 2 aromatic carbocycles. The highest BCUT2D eigenvalue weighted by Crippen LogP contribution is 2.43. The van der Waals surface area contributed by atoms with E-state index in [9.17, 15) is 4.79 Å². The van der Waals surface area contributed by atoms with Gasteiger partial charge in [-0.2, -0.15) is 4.98 Å². The molecule has 4 rings (SSSR count). The number of nitrogens with zero attached hydrogens (tertiary/aromatic N) is 4. The van der Waals surface area contributed by atoms with Crippen molar-refractivity contribution in [3.05, 3.63) is 54.1 Å². The molecule has 0 unspecified atom stereocenters. The maximum Gasteiger partial charge on any atom is 0.247 e. The van der Waals surface area contributed by atoms with Crippen LogP contribution in [0.3, 0.4) is 0 Å². The normalized spacial score (nSPS) is 15.1. The van der Waals surface area contributed by atoms with Gasteiger partial charge in [-0.3, -0.25) is 9.69 Å². The minimum absolute atomic E-state index is 0.125. The predicted molar refractivity (Wildman–Crippen MR) is 116 cm³/mol. The number of para-hydroxylation sites is 1. The number of ether oxygens (including phenoxy) is 1. The summed E-state index contributed by atoms with van der Waals surface area (Å²) in [4.78, 5) is 20.1. The van der Waals surface area contributed by atoms with Crippen LogP contribution in [-0.4, -0.2) is 33.1 Å². The van der Waals surface area contributed by atoms with Crippen LogP contribution >= 0.6 is 23.5 Å². The highest BCUT2D eigenvalue weighted by atomic mass is 32.2. The van der Waals surface area contributed by atoms with Crippen LogP contribution in [0.4, 0.5) is 5.69 Å². The van der Waals surface area contributed by atoms with Crippen LogP contribution in [0.2, 0.25) is 0 Å². The maximum absolute atomic E-state index is 12.7.